The average molecular weight is 312 g/mol. The summed E-state index contributed by atoms with van der Waals surface area (Å²) in [5.41, 5.74) is 0. The second kappa shape index (κ2) is 7.47. The van der Waals surface area contributed by atoms with Crippen molar-refractivity contribution in [1.82, 2.24) is 15.0 Å². The first kappa shape index (κ1) is 16.7. The third-order valence-electron chi connectivity index (χ3n) is 2.28. The number of alkyl halides is 3. The topological polar surface area (TPSA) is 53.9 Å². The molecule has 0 radical (unpaired) electrons. The average Bonchev–Trinajstić information content (AvgIpc) is 2.33. The molecule has 114 valence electrons. The lowest BCUT2D eigenvalue weighted by Crippen LogP contribution is -2.36. The molecule has 20 heavy (non-hydrogen) atoms. The molecule has 0 unspecified atom stereocenters. The van der Waals surface area contributed by atoms with E-state index >= 15 is 0 Å². The highest BCUT2D eigenvalue weighted by Crippen LogP contribution is 2.21. The number of aromatic nitrogens is 3. The number of nitrogens with one attached hydrogen (secondary N) is 1. The number of hydrogen-bond donors (Lipinski definition) is 1. The molecule has 0 fully saturated rings. The summed E-state index contributed by atoms with van der Waals surface area (Å²) in [6.07, 6.45) is -2.96. The minimum absolute atomic E-state index is 0.0669. The van der Waals surface area contributed by atoms with Crippen LogP contribution in [-0.4, -0.2) is 40.8 Å². The lowest BCUT2D eigenvalue weighted by molar-refractivity contribution is -0.119. The molecular formula is C11H17ClF3N5. The van der Waals surface area contributed by atoms with Crippen LogP contribution < -0.4 is 10.2 Å². The van der Waals surface area contributed by atoms with Gasteiger partial charge in [0.25, 0.3) is 0 Å². The van der Waals surface area contributed by atoms with Gasteiger partial charge in [-0.05, 0) is 24.4 Å². The molecule has 1 N–H and O–H groups in total. The molecule has 0 aliphatic rings. The predicted molar refractivity (Wildman–Crippen MR) is 72.2 cm³/mol. The smallest absolute Gasteiger partial charge is 0.354 e. The van der Waals surface area contributed by atoms with Crippen molar-refractivity contribution in [2.24, 2.45) is 0 Å². The minimum Gasteiger partial charge on any atom is -0.354 e. The second-order valence-electron chi connectivity index (χ2n) is 4.19. The summed E-state index contributed by atoms with van der Waals surface area (Å²) in [5, 5.41) is 2.75. The van der Waals surface area contributed by atoms with Crippen LogP contribution >= 0.6 is 11.6 Å². The third-order valence-corrected chi connectivity index (χ3v) is 2.44. The van der Waals surface area contributed by atoms with E-state index in [9.17, 15) is 13.2 Å². The molecule has 0 atom stereocenters. The lowest BCUT2D eigenvalue weighted by Gasteiger charge is -2.23. The quantitative estimate of drug-likeness (QED) is 0.838. The van der Waals surface area contributed by atoms with Gasteiger partial charge in [0.1, 0.15) is 6.54 Å². The van der Waals surface area contributed by atoms with Crippen molar-refractivity contribution in [2.45, 2.75) is 32.9 Å². The van der Waals surface area contributed by atoms with Crippen molar-refractivity contribution in [2.75, 3.05) is 29.9 Å². The molecule has 0 amide bonds. The summed E-state index contributed by atoms with van der Waals surface area (Å²) >= 11 is 5.73. The van der Waals surface area contributed by atoms with Crippen LogP contribution in [0.2, 0.25) is 5.28 Å². The van der Waals surface area contributed by atoms with E-state index in [2.05, 4.69) is 20.3 Å². The Bertz CT molecular complexity index is 427. The van der Waals surface area contributed by atoms with E-state index in [4.69, 9.17) is 11.6 Å². The van der Waals surface area contributed by atoms with E-state index < -0.39 is 12.7 Å². The lowest BCUT2D eigenvalue weighted by atomic mass is 10.4. The highest BCUT2D eigenvalue weighted by Gasteiger charge is 2.32. The van der Waals surface area contributed by atoms with Crippen LogP contribution in [0.25, 0.3) is 0 Å². The van der Waals surface area contributed by atoms with E-state index in [1.165, 1.54) is 0 Å². The Labute approximate surface area is 120 Å². The third kappa shape index (κ3) is 5.77. The number of nitrogens with zero attached hydrogens (tertiary/aromatic N) is 4. The highest BCUT2D eigenvalue weighted by molar-refractivity contribution is 6.28. The van der Waals surface area contributed by atoms with E-state index in [0.29, 0.717) is 13.0 Å². The van der Waals surface area contributed by atoms with Crippen LogP contribution in [0, 0.1) is 0 Å². The van der Waals surface area contributed by atoms with Gasteiger partial charge in [-0.25, -0.2) is 0 Å². The van der Waals surface area contributed by atoms with E-state index in [-0.39, 0.29) is 23.7 Å². The molecule has 9 heteroatoms. The first-order chi connectivity index (χ1) is 9.35. The minimum atomic E-state index is -4.33. The maximum Gasteiger partial charge on any atom is 0.406 e. The maximum absolute atomic E-state index is 12.6. The van der Waals surface area contributed by atoms with E-state index in [0.717, 1.165) is 11.3 Å². The van der Waals surface area contributed by atoms with Gasteiger partial charge >= 0.3 is 6.18 Å². The molecule has 0 saturated carbocycles. The Kier molecular flexibility index (Phi) is 6.25. The molecule has 0 saturated heterocycles. The number of anilines is 2. The molecule has 0 spiro atoms. The highest BCUT2D eigenvalue weighted by atomic mass is 35.5. The van der Waals surface area contributed by atoms with Gasteiger partial charge in [-0.2, -0.15) is 28.1 Å². The Hall–Kier alpha value is -1.31. The molecule has 0 aliphatic carbocycles. The van der Waals surface area contributed by atoms with Crippen molar-refractivity contribution in [3.63, 3.8) is 0 Å². The monoisotopic (exact) mass is 311 g/mol. The van der Waals surface area contributed by atoms with Crippen LogP contribution in [-0.2, 0) is 0 Å². The van der Waals surface area contributed by atoms with E-state index in [1.54, 1.807) is 6.92 Å². The fourth-order valence-corrected chi connectivity index (χ4v) is 1.69. The van der Waals surface area contributed by atoms with Crippen molar-refractivity contribution >= 4 is 23.5 Å². The molecule has 1 heterocycles. The predicted octanol–water partition coefficient (Wildman–Crippen LogP) is 3.13. The molecule has 0 aromatic carbocycles. The van der Waals surface area contributed by atoms with Crippen LogP contribution in [0.3, 0.4) is 0 Å². The Morgan fingerprint density at radius 1 is 1.15 bits per heavy atom. The van der Waals surface area contributed by atoms with Crippen molar-refractivity contribution in [1.29, 1.82) is 0 Å². The SMILES string of the molecule is CCCNc1nc(Cl)nc(N(CCC)CC(F)(F)F)n1. The summed E-state index contributed by atoms with van der Waals surface area (Å²) in [7, 11) is 0. The Balaban J connectivity index is 2.96. The second-order valence-corrected chi connectivity index (χ2v) is 4.53. The number of hydrogen-bond acceptors (Lipinski definition) is 5. The van der Waals surface area contributed by atoms with Gasteiger partial charge in [-0.3, -0.25) is 0 Å². The van der Waals surface area contributed by atoms with Gasteiger partial charge in [0.2, 0.25) is 17.2 Å². The summed E-state index contributed by atoms with van der Waals surface area (Å²) < 4.78 is 37.7. The number of rotatable bonds is 7. The molecule has 1 aromatic rings. The standard InChI is InChI=1S/C11H17ClF3N5/c1-3-5-16-9-17-8(12)18-10(19-9)20(6-4-2)7-11(13,14)15/h3-7H2,1-2H3,(H,16,17,18,19). The molecule has 1 rings (SSSR count). The van der Waals surface area contributed by atoms with E-state index in [1.807, 2.05) is 6.92 Å². The van der Waals surface area contributed by atoms with Gasteiger partial charge in [-0.1, -0.05) is 13.8 Å². The fourth-order valence-electron chi connectivity index (χ4n) is 1.53. The normalized spacial score (nSPS) is 11.5. The fraction of sp³-hybridized carbons (Fsp3) is 0.727. The van der Waals surface area contributed by atoms with Crippen molar-refractivity contribution in [3.05, 3.63) is 5.28 Å². The first-order valence-electron chi connectivity index (χ1n) is 6.32. The van der Waals surface area contributed by atoms with Gasteiger partial charge in [0.15, 0.2) is 0 Å². The summed E-state index contributed by atoms with van der Waals surface area (Å²) in [6, 6.07) is 0. The largest absolute Gasteiger partial charge is 0.406 e. The van der Waals surface area contributed by atoms with Crippen LogP contribution in [0.5, 0.6) is 0 Å². The zero-order valence-corrected chi connectivity index (χ0v) is 12.1. The first-order valence-corrected chi connectivity index (χ1v) is 6.70. The Morgan fingerprint density at radius 2 is 1.85 bits per heavy atom. The van der Waals surface area contributed by atoms with Gasteiger partial charge in [0, 0.05) is 13.1 Å². The Morgan fingerprint density at radius 3 is 2.40 bits per heavy atom. The molecular weight excluding hydrogens is 295 g/mol. The summed E-state index contributed by atoms with van der Waals surface area (Å²) in [5.74, 6) is 0.118. The molecule has 5 nitrogen and oxygen atoms in total. The van der Waals surface area contributed by atoms with Crippen molar-refractivity contribution < 1.29 is 13.2 Å². The summed E-state index contributed by atoms with van der Waals surface area (Å²) in [6.45, 7) is 3.40. The number of halogens is 4. The van der Waals surface area contributed by atoms with Gasteiger partial charge in [0.05, 0.1) is 0 Å². The van der Waals surface area contributed by atoms with Crippen molar-refractivity contribution in [3.8, 4) is 0 Å². The summed E-state index contributed by atoms with van der Waals surface area (Å²) in [4.78, 5) is 12.6. The molecule has 1 aromatic heterocycles. The van der Waals surface area contributed by atoms with Crippen LogP contribution in [0.1, 0.15) is 26.7 Å². The molecule has 0 bridgehead atoms. The van der Waals surface area contributed by atoms with Crippen LogP contribution in [0.4, 0.5) is 25.1 Å². The zero-order chi connectivity index (χ0) is 15.2. The van der Waals surface area contributed by atoms with Gasteiger partial charge in [-0.15, -0.1) is 0 Å². The van der Waals surface area contributed by atoms with Gasteiger partial charge < -0.3 is 10.2 Å². The maximum atomic E-state index is 12.6. The molecule has 0 aliphatic heterocycles. The zero-order valence-electron chi connectivity index (χ0n) is 11.3. The van der Waals surface area contributed by atoms with Crippen LogP contribution in [0.15, 0.2) is 0 Å².